The van der Waals surface area contributed by atoms with Crippen LogP contribution in [0.1, 0.15) is 20.8 Å². The molecule has 0 bridgehead atoms. The number of hydrogen-bond donors (Lipinski definition) is 2. The van der Waals surface area contributed by atoms with Crippen LogP contribution in [0.3, 0.4) is 0 Å². The second-order valence-electron chi connectivity index (χ2n) is 4.75. The zero-order valence-corrected chi connectivity index (χ0v) is 10.1. The van der Waals surface area contributed by atoms with Crippen LogP contribution in [0.15, 0.2) is 24.5 Å². The van der Waals surface area contributed by atoms with Gasteiger partial charge in [-0.25, -0.2) is 4.79 Å². The summed E-state index contributed by atoms with van der Waals surface area (Å²) < 4.78 is 6.32. The van der Waals surface area contributed by atoms with Gasteiger partial charge >= 0.3 is 6.09 Å². The molecule has 1 aromatic heterocycles. The van der Waals surface area contributed by atoms with Crippen molar-refractivity contribution in [3.63, 3.8) is 0 Å². The van der Waals surface area contributed by atoms with E-state index in [1.54, 1.807) is 45.3 Å². The van der Waals surface area contributed by atoms with Crippen LogP contribution in [-0.2, 0) is 9.53 Å². The smallest absolute Gasteiger partial charge is 0.405 e. The first kappa shape index (κ1) is 13.1. The molecule has 94 valence electrons. The maximum atomic E-state index is 11.9. The Bertz CT molecular complexity index is 393. The number of hydrogen-bond acceptors (Lipinski definition) is 3. The minimum atomic E-state index is -0.965. The number of primary amides is 1. The Hall–Kier alpha value is -1.98. The molecule has 0 aliphatic heterocycles. The molecule has 0 aliphatic carbocycles. The maximum Gasteiger partial charge on any atom is 0.405 e. The minimum Gasteiger partial charge on any atom is -0.436 e. The van der Waals surface area contributed by atoms with Gasteiger partial charge in [-0.2, -0.15) is 0 Å². The third-order valence-electron chi connectivity index (χ3n) is 2.10. The summed E-state index contributed by atoms with van der Waals surface area (Å²) in [6.45, 7) is 5.36. The Balaban J connectivity index is 2.76. The molecule has 0 aromatic carbocycles. The average Bonchev–Trinajstić information content (AvgIpc) is 2.64. The Labute approximate surface area is 99.7 Å². The summed E-state index contributed by atoms with van der Waals surface area (Å²) in [4.78, 5) is 22.7. The minimum absolute atomic E-state index is 0.424. The van der Waals surface area contributed by atoms with Gasteiger partial charge in [0.25, 0.3) is 5.91 Å². The van der Waals surface area contributed by atoms with E-state index in [4.69, 9.17) is 10.5 Å². The summed E-state index contributed by atoms with van der Waals surface area (Å²) in [7, 11) is 0. The largest absolute Gasteiger partial charge is 0.436 e. The summed E-state index contributed by atoms with van der Waals surface area (Å²) >= 11 is 0. The van der Waals surface area contributed by atoms with E-state index in [1.807, 2.05) is 0 Å². The van der Waals surface area contributed by atoms with Crippen LogP contribution >= 0.6 is 0 Å². The molecule has 0 saturated carbocycles. The van der Waals surface area contributed by atoms with E-state index in [-0.39, 0.29) is 0 Å². The van der Waals surface area contributed by atoms with Gasteiger partial charge in [-0.1, -0.05) is 20.8 Å². The van der Waals surface area contributed by atoms with Gasteiger partial charge in [0.05, 0.1) is 0 Å². The van der Waals surface area contributed by atoms with Crippen molar-refractivity contribution in [3.8, 4) is 0 Å². The van der Waals surface area contributed by atoms with Crippen molar-refractivity contribution in [1.29, 1.82) is 0 Å². The van der Waals surface area contributed by atoms with Crippen LogP contribution in [0, 0.1) is 5.41 Å². The van der Waals surface area contributed by atoms with E-state index in [9.17, 15) is 9.59 Å². The van der Waals surface area contributed by atoms with Crippen molar-refractivity contribution in [2.24, 2.45) is 11.1 Å². The number of rotatable bonds is 3. The number of nitrogens with two attached hydrogens (primary N) is 1. The summed E-state index contributed by atoms with van der Waals surface area (Å²) in [6.07, 6.45) is 1.43. The molecule has 0 aliphatic rings. The molecule has 2 amide bonds. The number of aromatic nitrogens is 1. The molecular weight excluding hydrogens is 222 g/mol. The van der Waals surface area contributed by atoms with Crippen molar-refractivity contribution in [2.75, 3.05) is 5.43 Å². The van der Waals surface area contributed by atoms with Crippen molar-refractivity contribution in [3.05, 3.63) is 24.5 Å². The highest BCUT2D eigenvalue weighted by Gasteiger charge is 2.34. The fourth-order valence-electron chi connectivity index (χ4n) is 1.33. The number of nitrogens with zero attached hydrogens (tertiary/aromatic N) is 1. The SMILES string of the molecule is CC(C)(C)C(OC(N)=O)C(=O)Nn1cccc1. The molecule has 6 heteroatoms. The maximum absolute atomic E-state index is 11.9. The van der Waals surface area contributed by atoms with Crippen LogP contribution in [0.5, 0.6) is 0 Å². The predicted octanol–water partition coefficient (Wildman–Crippen LogP) is 1.07. The van der Waals surface area contributed by atoms with Crippen LogP contribution in [-0.4, -0.2) is 22.8 Å². The lowest BCUT2D eigenvalue weighted by Gasteiger charge is -2.28. The average molecular weight is 239 g/mol. The van der Waals surface area contributed by atoms with Crippen molar-refractivity contribution in [2.45, 2.75) is 26.9 Å². The fourth-order valence-corrected chi connectivity index (χ4v) is 1.33. The van der Waals surface area contributed by atoms with Crippen LogP contribution in [0.2, 0.25) is 0 Å². The zero-order chi connectivity index (χ0) is 13.1. The normalized spacial score (nSPS) is 12.9. The Morgan fingerprint density at radius 1 is 1.29 bits per heavy atom. The molecule has 1 atom stereocenters. The molecule has 3 N–H and O–H groups in total. The molecular formula is C11H17N3O3. The van der Waals surface area contributed by atoms with Gasteiger partial charge in [-0.05, 0) is 12.1 Å². The van der Waals surface area contributed by atoms with E-state index in [2.05, 4.69) is 5.43 Å². The van der Waals surface area contributed by atoms with Gasteiger partial charge < -0.3 is 10.5 Å². The van der Waals surface area contributed by atoms with Gasteiger partial charge in [-0.15, -0.1) is 0 Å². The summed E-state index contributed by atoms with van der Waals surface area (Å²) in [5.74, 6) is -0.424. The molecule has 1 rings (SSSR count). The first-order chi connectivity index (χ1) is 7.80. The third kappa shape index (κ3) is 3.82. The highest BCUT2D eigenvalue weighted by molar-refractivity contribution is 5.90. The molecule has 0 radical (unpaired) electrons. The predicted molar refractivity (Wildman–Crippen MR) is 62.7 cm³/mol. The van der Waals surface area contributed by atoms with E-state index >= 15 is 0 Å². The first-order valence-electron chi connectivity index (χ1n) is 5.20. The second-order valence-corrected chi connectivity index (χ2v) is 4.75. The lowest BCUT2D eigenvalue weighted by atomic mass is 9.88. The van der Waals surface area contributed by atoms with Gasteiger partial charge in [0, 0.05) is 17.8 Å². The zero-order valence-electron chi connectivity index (χ0n) is 10.1. The molecule has 1 unspecified atom stereocenters. The van der Waals surface area contributed by atoms with Crippen LogP contribution in [0.4, 0.5) is 4.79 Å². The summed E-state index contributed by atoms with van der Waals surface area (Å²) in [5.41, 5.74) is 7.00. The molecule has 0 fully saturated rings. The quantitative estimate of drug-likeness (QED) is 0.827. The van der Waals surface area contributed by atoms with E-state index in [0.29, 0.717) is 0 Å². The highest BCUT2D eigenvalue weighted by atomic mass is 16.6. The van der Waals surface area contributed by atoms with Crippen LogP contribution < -0.4 is 11.2 Å². The van der Waals surface area contributed by atoms with Crippen LogP contribution in [0.25, 0.3) is 0 Å². The lowest BCUT2D eigenvalue weighted by molar-refractivity contribution is -0.130. The van der Waals surface area contributed by atoms with Gasteiger partial charge in [0.2, 0.25) is 0 Å². The molecule has 1 heterocycles. The van der Waals surface area contributed by atoms with Crippen molar-refractivity contribution in [1.82, 2.24) is 4.68 Å². The number of carbonyl (C=O) groups excluding carboxylic acids is 2. The number of nitrogens with one attached hydrogen (secondary N) is 1. The number of carbonyl (C=O) groups is 2. The van der Waals surface area contributed by atoms with Gasteiger partial charge in [0.1, 0.15) is 0 Å². The van der Waals surface area contributed by atoms with E-state index in [0.717, 1.165) is 0 Å². The molecule has 17 heavy (non-hydrogen) atoms. The molecule has 0 spiro atoms. The number of amides is 2. The highest BCUT2D eigenvalue weighted by Crippen LogP contribution is 2.22. The lowest BCUT2D eigenvalue weighted by Crippen LogP contribution is -2.45. The fraction of sp³-hybridized carbons (Fsp3) is 0.455. The van der Waals surface area contributed by atoms with Crippen molar-refractivity contribution >= 4 is 12.0 Å². The Morgan fingerprint density at radius 2 is 1.82 bits per heavy atom. The van der Waals surface area contributed by atoms with Gasteiger partial charge in [0.15, 0.2) is 6.10 Å². The van der Waals surface area contributed by atoms with E-state index < -0.39 is 23.5 Å². The second kappa shape index (κ2) is 4.90. The Morgan fingerprint density at radius 3 is 2.24 bits per heavy atom. The monoisotopic (exact) mass is 239 g/mol. The molecule has 6 nitrogen and oxygen atoms in total. The summed E-state index contributed by atoms with van der Waals surface area (Å²) in [6, 6.07) is 3.53. The standard InChI is InChI=1S/C11H17N3O3/c1-11(2,3)8(17-10(12)16)9(15)13-14-6-4-5-7-14/h4-8H,1-3H3,(H2,12,16)(H,13,15). The van der Waals surface area contributed by atoms with E-state index in [1.165, 1.54) is 4.68 Å². The number of ether oxygens (including phenoxy) is 1. The Kier molecular flexibility index (Phi) is 3.77. The molecule has 1 aromatic rings. The summed E-state index contributed by atoms with van der Waals surface area (Å²) in [5, 5.41) is 0. The van der Waals surface area contributed by atoms with Gasteiger partial charge in [-0.3, -0.25) is 14.9 Å². The third-order valence-corrected chi connectivity index (χ3v) is 2.10. The topological polar surface area (TPSA) is 86.3 Å². The van der Waals surface area contributed by atoms with Crippen molar-refractivity contribution < 1.29 is 14.3 Å². The first-order valence-corrected chi connectivity index (χ1v) is 5.20. The molecule has 0 saturated heterocycles.